The van der Waals surface area contributed by atoms with Gasteiger partial charge in [0, 0.05) is 12.0 Å². The number of aromatic nitrogens is 1. The van der Waals surface area contributed by atoms with Gasteiger partial charge in [-0.2, -0.15) is 0 Å². The minimum absolute atomic E-state index is 0.113. The van der Waals surface area contributed by atoms with Crippen LogP contribution in [0.15, 0.2) is 27.1 Å². The maximum atomic E-state index is 10.7. The van der Waals surface area contributed by atoms with Crippen molar-refractivity contribution < 1.29 is 18.8 Å². The molecular formula is C12H11NO4. The first-order valence-electron chi connectivity index (χ1n) is 5.45. The van der Waals surface area contributed by atoms with E-state index in [1.807, 2.05) is 6.07 Å². The second kappa shape index (κ2) is 3.48. The predicted octanol–water partition coefficient (Wildman–Crippen LogP) is 2.76. The van der Waals surface area contributed by atoms with Gasteiger partial charge in [0.1, 0.15) is 5.76 Å². The van der Waals surface area contributed by atoms with Crippen molar-refractivity contribution in [3.63, 3.8) is 0 Å². The molecule has 0 bridgehead atoms. The molecule has 0 amide bonds. The van der Waals surface area contributed by atoms with Crippen LogP contribution in [0.3, 0.4) is 0 Å². The maximum Gasteiger partial charge on any atom is 0.358 e. The van der Waals surface area contributed by atoms with Crippen LogP contribution in [0.5, 0.6) is 0 Å². The normalized spacial score (nSPS) is 22.6. The highest BCUT2D eigenvalue weighted by atomic mass is 16.5. The first-order chi connectivity index (χ1) is 8.15. The summed E-state index contributed by atoms with van der Waals surface area (Å²) in [4.78, 5) is 10.7. The van der Waals surface area contributed by atoms with Gasteiger partial charge in [-0.15, -0.1) is 0 Å². The zero-order valence-electron chi connectivity index (χ0n) is 9.21. The molecular weight excluding hydrogens is 222 g/mol. The molecule has 2 aromatic rings. The molecule has 1 N–H and O–H groups in total. The minimum atomic E-state index is -1.11. The number of hydrogen-bond donors (Lipinski definition) is 1. The molecule has 2 aromatic heterocycles. The van der Waals surface area contributed by atoms with Crippen LogP contribution in [-0.4, -0.2) is 16.2 Å². The van der Waals surface area contributed by atoms with Crippen molar-refractivity contribution in [1.29, 1.82) is 0 Å². The van der Waals surface area contributed by atoms with Crippen molar-refractivity contribution >= 4 is 5.97 Å². The van der Waals surface area contributed by atoms with Gasteiger partial charge < -0.3 is 14.0 Å². The summed E-state index contributed by atoms with van der Waals surface area (Å²) in [6.45, 7) is 2.17. The van der Waals surface area contributed by atoms with E-state index in [0.29, 0.717) is 23.4 Å². The lowest BCUT2D eigenvalue weighted by Crippen LogP contribution is -1.94. The Hall–Kier alpha value is -2.04. The Morgan fingerprint density at radius 3 is 2.82 bits per heavy atom. The summed E-state index contributed by atoms with van der Waals surface area (Å²) in [5.41, 5.74) is -0.113. The molecule has 1 aliphatic rings. The van der Waals surface area contributed by atoms with Crippen molar-refractivity contribution in [3.05, 3.63) is 29.7 Å². The molecule has 0 aliphatic heterocycles. The van der Waals surface area contributed by atoms with Gasteiger partial charge in [0.15, 0.2) is 11.5 Å². The van der Waals surface area contributed by atoms with Crippen LogP contribution in [-0.2, 0) is 0 Å². The fourth-order valence-corrected chi connectivity index (χ4v) is 1.90. The van der Waals surface area contributed by atoms with E-state index in [9.17, 15) is 4.79 Å². The average molecular weight is 233 g/mol. The SMILES string of the molecule is CC1CC1c1ccc(-c2cc(C(=O)O)no2)o1. The third-order valence-corrected chi connectivity index (χ3v) is 3.07. The molecule has 88 valence electrons. The van der Waals surface area contributed by atoms with E-state index < -0.39 is 5.97 Å². The Bertz CT molecular complexity index is 569. The van der Waals surface area contributed by atoms with Gasteiger partial charge in [0.2, 0.25) is 5.76 Å². The lowest BCUT2D eigenvalue weighted by Gasteiger charge is -1.90. The monoisotopic (exact) mass is 233 g/mol. The van der Waals surface area contributed by atoms with Crippen LogP contribution >= 0.6 is 0 Å². The number of aromatic carboxylic acids is 1. The Labute approximate surface area is 97.0 Å². The fourth-order valence-electron chi connectivity index (χ4n) is 1.90. The summed E-state index contributed by atoms with van der Waals surface area (Å²) in [7, 11) is 0. The largest absolute Gasteiger partial charge is 0.476 e. The zero-order chi connectivity index (χ0) is 12.0. The van der Waals surface area contributed by atoms with Gasteiger partial charge >= 0.3 is 5.97 Å². The Morgan fingerprint density at radius 2 is 2.24 bits per heavy atom. The van der Waals surface area contributed by atoms with E-state index in [1.165, 1.54) is 6.07 Å². The zero-order valence-corrected chi connectivity index (χ0v) is 9.21. The molecule has 0 saturated heterocycles. The summed E-state index contributed by atoms with van der Waals surface area (Å²) >= 11 is 0. The molecule has 0 aromatic carbocycles. The number of carboxylic acid groups (broad SMARTS) is 1. The molecule has 1 aliphatic carbocycles. The van der Waals surface area contributed by atoms with Crippen LogP contribution in [0.1, 0.15) is 35.5 Å². The topological polar surface area (TPSA) is 76.5 Å². The number of hydrogen-bond acceptors (Lipinski definition) is 4. The second-order valence-corrected chi connectivity index (χ2v) is 4.40. The highest BCUT2D eigenvalue weighted by molar-refractivity contribution is 5.86. The summed E-state index contributed by atoms with van der Waals surface area (Å²) < 4.78 is 10.6. The number of furan rings is 1. The van der Waals surface area contributed by atoms with Crippen LogP contribution in [0.4, 0.5) is 0 Å². The van der Waals surface area contributed by atoms with Crippen LogP contribution in [0, 0.1) is 5.92 Å². The van der Waals surface area contributed by atoms with Gasteiger partial charge in [-0.05, 0) is 24.5 Å². The van der Waals surface area contributed by atoms with E-state index >= 15 is 0 Å². The predicted molar refractivity (Wildman–Crippen MR) is 57.7 cm³/mol. The van der Waals surface area contributed by atoms with E-state index in [0.717, 1.165) is 12.2 Å². The lowest BCUT2D eigenvalue weighted by molar-refractivity contribution is 0.0686. The average Bonchev–Trinajstić information content (AvgIpc) is 2.78. The fraction of sp³-hybridized carbons (Fsp3) is 0.333. The Balaban J connectivity index is 1.87. The summed E-state index contributed by atoms with van der Waals surface area (Å²) in [6.07, 6.45) is 1.14. The third-order valence-electron chi connectivity index (χ3n) is 3.07. The number of rotatable bonds is 3. The smallest absolute Gasteiger partial charge is 0.358 e. The molecule has 1 saturated carbocycles. The van der Waals surface area contributed by atoms with Gasteiger partial charge in [-0.3, -0.25) is 0 Å². The van der Waals surface area contributed by atoms with Crippen molar-refractivity contribution in [2.24, 2.45) is 5.92 Å². The highest BCUT2D eigenvalue weighted by Crippen LogP contribution is 2.48. The van der Waals surface area contributed by atoms with Gasteiger partial charge in [0.05, 0.1) is 0 Å². The highest BCUT2D eigenvalue weighted by Gasteiger charge is 2.36. The molecule has 2 unspecified atom stereocenters. The minimum Gasteiger partial charge on any atom is -0.476 e. The maximum absolute atomic E-state index is 10.7. The molecule has 3 rings (SSSR count). The first kappa shape index (κ1) is 10.1. The third kappa shape index (κ3) is 1.73. The number of carboxylic acids is 1. The molecule has 17 heavy (non-hydrogen) atoms. The Morgan fingerprint density at radius 1 is 1.47 bits per heavy atom. The molecule has 0 radical (unpaired) electrons. The van der Waals surface area contributed by atoms with Crippen molar-refractivity contribution in [2.75, 3.05) is 0 Å². The van der Waals surface area contributed by atoms with E-state index in [2.05, 4.69) is 12.1 Å². The van der Waals surface area contributed by atoms with Gasteiger partial charge in [0.25, 0.3) is 0 Å². The van der Waals surface area contributed by atoms with Crippen molar-refractivity contribution in [2.45, 2.75) is 19.3 Å². The van der Waals surface area contributed by atoms with Gasteiger partial charge in [-0.1, -0.05) is 12.1 Å². The van der Waals surface area contributed by atoms with Crippen molar-refractivity contribution in [1.82, 2.24) is 5.16 Å². The summed E-state index contributed by atoms with van der Waals surface area (Å²) in [6, 6.07) is 5.06. The van der Waals surface area contributed by atoms with Crippen LogP contribution in [0.25, 0.3) is 11.5 Å². The first-order valence-corrected chi connectivity index (χ1v) is 5.45. The lowest BCUT2D eigenvalue weighted by atomic mass is 10.2. The standard InChI is InChI=1S/C12H11NO4/c1-6-4-7(6)9-2-3-10(16-9)11-5-8(12(14)15)13-17-11/h2-3,5-7H,4H2,1H3,(H,14,15). The van der Waals surface area contributed by atoms with Crippen LogP contribution < -0.4 is 0 Å². The van der Waals surface area contributed by atoms with E-state index in [-0.39, 0.29) is 5.69 Å². The molecule has 1 fully saturated rings. The molecule has 0 spiro atoms. The molecule has 5 nitrogen and oxygen atoms in total. The summed E-state index contributed by atoms with van der Waals surface area (Å²) in [5.74, 6) is 1.85. The number of carbonyl (C=O) groups is 1. The molecule has 5 heteroatoms. The molecule has 2 heterocycles. The number of nitrogens with zero attached hydrogens (tertiary/aromatic N) is 1. The molecule has 2 atom stereocenters. The summed E-state index contributed by atoms with van der Waals surface area (Å²) in [5, 5.41) is 12.2. The van der Waals surface area contributed by atoms with E-state index in [4.69, 9.17) is 14.0 Å². The second-order valence-electron chi connectivity index (χ2n) is 4.40. The van der Waals surface area contributed by atoms with E-state index in [1.54, 1.807) is 6.07 Å². The quantitative estimate of drug-likeness (QED) is 0.881. The Kier molecular flexibility index (Phi) is 2.07. The van der Waals surface area contributed by atoms with Gasteiger partial charge in [-0.25, -0.2) is 4.79 Å². The van der Waals surface area contributed by atoms with Crippen LogP contribution in [0.2, 0.25) is 0 Å². The van der Waals surface area contributed by atoms with Crippen molar-refractivity contribution in [3.8, 4) is 11.5 Å².